The van der Waals surface area contributed by atoms with Crippen molar-refractivity contribution in [1.29, 1.82) is 0 Å². The summed E-state index contributed by atoms with van der Waals surface area (Å²) < 4.78 is 5.74. The van der Waals surface area contributed by atoms with E-state index in [1.165, 1.54) is 28.0 Å². The standard InChI is InChI=1S/C23H26N2O2S/c1-14(2)18-8-6-7-9-21(18)27-12-22(26)25-23-24-20(13-28-23)19-11-16(4)15(3)10-17(19)5/h6-11,13-14H,12H2,1-5H3,(H,24,25,26). The van der Waals surface area contributed by atoms with Crippen molar-refractivity contribution in [2.45, 2.75) is 40.5 Å². The summed E-state index contributed by atoms with van der Waals surface area (Å²) in [5.74, 6) is 0.872. The molecule has 1 N–H and O–H groups in total. The van der Waals surface area contributed by atoms with Crippen molar-refractivity contribution in [1.82, 2.24) is 4.98 Å². The molecule has 0 aliphatic rings. The van der Waals surface area contributed by atoms with Gasteiger partial charge in [-0.1, -0.05) is 38.1 Å². The number of anilines is 1. The summed E-state index contributed by atoms with van der Waals surface area (Å²) in [4.78, 5) is 16.9. The van der Waals surface area contributed by atoms with Gasteiger partial charge in [-0.05, 0) is 61.1 Å². The Morgan fingerprint density at radius 3 is 2.57 bits per heavy atom. The summed E-state index contributed by atoms with van der Waals surface area (Å²) in [5.41, 5.74) is 6.76. The van der Waals surface area contributed by atoms with Crippen LogP contribution in [0.2, 0.25) is 0 Å². The number of ether oxygens (including phenoxy) is 1. The molecule has 1 aromatic heterocycles. The zero-order valence-corrected chi connectivity index (χ0v) is 17.8. The van der Waals surface area contributed by atoms with E-state index in [4.69, 9.17) is 4.74 Å². The number of hydrogen-bond donors (Lipinski definition) is 1. The number of hydrogen-bond acceptors (Lipinski definition) is 4. The molecule has 3 aromatic rings. The average molecular weight is 395 g/mol. The molecule has 0 atom stereocenters. The molecule has 0 spiro atoms. The summed E-state index contributed by atoms with van der Waals surface area (Å²) >= 11 is 1.42. The third kappa shape index (κ3) is 4.60. The molecule has 0 aliphatic heterocycles. The minimum atomic E-state index is -0.212. The molecule has 3 rings (SSSR count). The Hall–Kier alpha value is -2.66. The molecule has 1 amide bonds. The molecule has 0 saturated heterocycles. The second kappa shape index (κ2) is 8.57. The van der Waals surface area contributed by atoms with E-state index in [0.717, 1.165) is 22.6 Å². The van der Waals surface area contributed by atoms with Crippen molar-refractivity contribution >= 4 is 22.4 Å². The lowest BCUT2D eigenvalue weighted by molar-refractivity contribution is -0.118. The summed E-state index contributed by atoms with van der Waals surface area (Å²) in [7, 11) is 0. The molecule has 28 heavy (non-hydrogen) atoms. The SMILES string of the molecule is Cc1cc(C)c(-c2csc(NC(=O)COc3ccccc3C(C)C)n2)cc1C. The van der Waals surface area contributed by atoms with Crippen LogP contribution in [0, 0.1) is 20.8 Å². The zero-order chi connectivity index (χ0) is 20.3. The fraction of sp³-hybridized carbons (Fsp3) is 0.304. The molecule has 5 heteroatoms. The quantitative estimate of drug-likeness (QED) is 0.568. The number of rotatable bonds is 6. The highest BCUT2D eigenvalue weighted by Crippen LogP contribution is 2.30. The van der Waals surface area contributed by atoms with Gasteiger partial charge in [0.1, 0.15) is 5.75 Å². The van der Waals surface area contributed by atoms with Gasteiger partial charge in [-0.3, -0.25) is 10.1 Å². The minimum Gasteiger partial charge on any atom is -0.483 e. The van der Waals surface area contributed by atoms with Crippen molar-refractivity contribution in [2.24, 2.45) is 0 Å². The van der Waals surface area contributed by atoms with Gasteiger partial charge in [0.2, 0.25) is 0 Å². The molecule has 0 radical (unpaired) electrons. The molecule has 2 aromatic carbocycles. The van der Waals surface area contributed by atoms with Crippen LogP contribution in [0.15, 0.2) is 41.8 Å². The number of para-hydroxylation sites is 1. The van der Waals surface area contributed by atoms with Crippen molar-refractivity contribution in [3.05, 3.63) is 64.0 Å². The van der Waals surface area contributed by atoms with Crippen LogP contribution in [-0.4, -0.2) is 17.5 Å². The number of carbonyl (C=O) groups is 1. The van der Waals surface area contributed by atoms with Crippen molar-refractivity contribution in [2.75, 3.05) is 11.9 Å². The van der Waals surface area contributed by atoms with Crippen LogP contribution >= 0.6 is 11.3 Å². The van der Waals surface area contributed by atoms with Crippen molar-refractivity contribution in [3.63, 3.8) is 0 Å². The highest BCUT2D eigenvalue weighted by molar-refractivity contribution is 7.14. The Kier molecular flexibility index (Phi) is 6.15. The molecular weight excluding hydrogens is 368 g/mol. The molecule has 1 heterocycles. The van der Waals surface area contributed by atoms with Crippen molar-refractivity contribution in [3.8, 4) is 17.0 Å². The zero-order valence-electron chi connectivity index (χ0n) is 17.0. The number of thiazole rings is 1. The van der Waals surface area contributed by atoms with Crippen LogP contribution in [0.5, 0.6) is 5.75 Å². The van der Waals surface area contributed by atoms with E-state index in [1.54, 1.807) is 0 Å². The number of nitrogens with one attached hydrogen (secondary N) is 1. The molecule has 0 unspecified atom stereocenters. The third-order valence-corrected chi connectivity index (χ3v) is 5.52. The Balaban J connectivity index is 1.66. The molecular formula is C23H26N2O2S. The first-order valence-electron chi connectivity index (χ1n) is 9.40. The van der Waals surface area contributed by atoms with Crippen LogP contribution in [0.4, 0.5) is 5.13 Å². The van der Waals surface area contributed by atoms with E-state index < -0.39 is 0 Å². The van der Waals surface area contributed by atoms with Gasteiger partial charge in [0.25, 0.3) is 5.91 Å². The fourth-order valence-electron chi connectivity index (χ4n) is 3.08. The summed E-state index contributed by atoms with van der Waals surface area (Å²) in [6.07, 6.45) is 0. The largest absolute Gasteiger partial charge is 0.483 e. The van der Waals surface area contributed by atoms with Crippen molar-refractivity contribution < 1.29 is 9.53 Å². The Bertz CT molecular complexity index is 992. The van der Waals surface area contributed by atoms with E-state index in [9.17, 15) is 4.79 Å². The first-order chi connectivity index (χ1) is 13.3. The highest BCUT2D eigenvalue weighted by Gasteiger charge is 2.13. The third-order valence-electron chi connectivity index (χ3n) is 4.77. The maximum atomic E-state index is 12.3. The minimum absolute atomic E-state index is 0.0404. The Labute approximate surface area is 170 Å². The first-order valence-corrected chi connectivity index (χ1v) is 10.3. The van der Waals surface area contributed by atoms with Gasteiger partial charge in [-0.25, -0.2) is 4.98 Å². The Morgan fingerprint density at radius 2 is 1.82 bits per heavy atom. The predicted octanol–water partition coefficient (Wildman–Crippen LogP) is 5.88. The first kappa shape index (κ1) is 20.1. The van der Waals surface area contributed by atoms with Crippen LogP contribution in [-0.2, 0) is 4.79 Å². The number of aryl methyl sites for hydroxylation is 3. The lowest BCUT2D eigenvalue weighted by Crippen LogP contribution is -2.20. The number of aromatic nitrogens is 1. The topological polar surface area (TPSA) is 51.2 Å². The maximum Gasteiger partial charge on any atom is 0.264 e. The van der Waals surface area contributed by atoms with E-state index in [1.807, 2.05) is 29.6 Å². The average Bonchev–Trinajstić information content (AvgIpc) is 3.11. The molecule has 146 valence electrons. The van der Waals surface area contributed by atoms with Gasteiger partial charge in [0.15, 0.2) is 11.7 Å². The molecule has 0 fully saturated rings. The van der Waals surface area contributed by atoms with Crippen LogP contribution in [0.1, 0.15) is 42.0 Å². The number of benzene rings is 2. The van der Waals surface area contributed by atoms with E-state index in [-0.39, 0.29) is 12.5 Å². The summed E-state index contributed by atoms with van der Waals surface area (Å²) in [6.45, 7) is 10.5. The normalized spacial score (nSPS) is 10.9. The molecule has 0 saturated carbocycles. The van der Waals surface area contributed by atoms with E-state index >= 15 is 0 Å². The summed E-state index contributed by atoms with van der Waals surface area (Å²) in [6, 6.07) is 12.1. The van der Waals surface area contributed by atoms with Crippen LogP contribution in [0.3, 0.4) is 0 Å². The number of amides is 1. The number of nitrogens with zero attached hydrogens (tertiary/aromatic N) is 1. The molecule has 0 aliphatic carbocycles. The lowest BCUT2D eigenvalue weighted by atomic mass is 9.99. The second-order valence-electron chi connectivity index (χ2n) is 7.32. The molecule has 0 bridgehead atoms. The van der Waals surface area contributed by atoms with Gasteiger partial charge in [-0.15, -0.1) is 11.3 Å². The fourth-order valence-corrected chi connectivity index (χ4v) is 3.81. The van der Waals surface area contributed by atoms with Gasteiger partial charge in [-0.2, -0.15) is 0 Å². The monoisotopic (exact) mass is 394 g/mol. The van der Waals surface area contributed by atoms with Gasteiger partial charge < -0.3 is 4.74 Å². The van der Waals surface area contributed by atoms with Gasteiger partial charge in [0.05, 0.1) is 5.69 Å². The smallest absolute Gasteiger partial charge is 0.264 e. The van der Waals surface area contributed by atoms with E-state index in [0.29, 0.717) is 11.0 Å². The number of carbonyl (C=O) groups excluding carboxylic acids is 1. The second-order valence-corrected chi connectivity index (χ2v) is 8.18. The lowest BCUT2D eigenvalue weighted by Gasteiger charge is -2.13. The van der Waals surface area contributed by atoms with Gasteiger partial charge in [0, 0.05) is 10.9 Å². The predicted molar refractivity (Wildman–Crippen MR) is 116 cm³/mol. The van der Waals surface area contributed by atoms with Crippen LogP contribution < -0.4 is 10.1 Å². The Morgan fingerprint density at radius 1 is 1.11 bits per heavy atom. The van der Waals surface area contributed by atoms with Gasteiger partial charge >= 0.3 is 0 Å². The van der Waals surface area contributed by atoms with E-state index in [2.05, 4.69) is 57.1 Å². The highest BCUT2D eigenvalue weighted by atomic mass is 32.1. The maximum absolute atomic E-state index is 12.3. The summed E-state index contributed by atoms with van der Waals surface area (Å²) in [5, 5.41) is 5.40. The molecule has 4 nitrogen and oxygen atoms in total. The van der Waals surface area contributed by atoms with Crippen LogP contribution in [0.25, 0.3) is 11.3 Å².